The number of benzene rings is 1. The van der Waals surface area contributed by atoms with Crippen molar-refractivity contribution >= 4 is 21.9 Å². The monoisotopic (exact) mass is 184 g/mol. The van der Waals surface area contributed by atoms with Gasteiger partial charge in [0.25, 0.3) is 12.0 Å². The van der Waals surface area contributed by atoms with Crippen LogP contribution in [0, 0.1) is 6.92 Å². The van der Waals surface area contributed by atoms with Crippen molar-refractivity contribution < 1.29 is 4.98 Å². The molecule has 0 amide bonds. The zero-order valence-corrected chi connectivity index (χ0v) is 7.83. The fourth-order valence-electron chi connectivity index (χ4n) is 1.78. The summed E-state index contributed by atoms with van der Waals surface area (Å²) in [5.41, 5.74) is 3.34. The second-order valence-corrected chi connectivity index (χ2v) is 3.51. The van der Waals surface area contributed by atoms with Crippen molar-refractivity contribution in [2.45, 2.75) is 6.92 Å². The number of hydrogen-bond acceptors (Lipinski definition) is 1. The number of fused-ring (bicyclic) bond motifs is 3. The molecule has 0 fully saturated rings. The van der Waals surface area contributed by atoms with Gasteiger partial charge >= 0.3 is 0 Å². The van der Waals surface area contributed by atoms with Crippen molar-refractivity contribution in [2.75, 3.05) is 0 Å². The van der Waals surface area contributed by atoms with E-state index in [0.29, 0.717) is 0 Å². The number of aromatic amines is 2. The van der Waals surface area contributed by atoms with Crippen LogP contribution >= 0.6 is 0 Å². The molecule has 0 aliphatic heterocycles. The highest BCUT2D eigenvalue weighted by molar-refractivity contribution is 6.05. The molecule has 2 N–H and O–H groups in total. The lowest BCUT2D eigenvalue weighted by atomic mass is 10.1. The number of nitrogens with one attached hydrogen (secondary N) is 2. The summed E-state index contributed by atoms with van der Waals surface area (Å²) in [4.78, 5) is 10.5. The molecule has 0 unspecified atom stereocenters. The van der Waals surface area contributed by atoms with E-state index in [1.807, 2.05) is 6.20 Å². The molecule has 3 nitrogen and oxygen atoms in total. The number of rotatable bonds is 0. The Bertz CT molecular complexity index is 610. The molecule has 0 saturated carbocycles. The minimum Gasteiger partial charge on any atom is -0.318 e. The third kappa shape index (κ3) is 0.923. The maximum Gasteiger partial charge on any atom is 0.286 e. The van der Waals surface area contributed by atoms with Gasteiger partial charge in [-0.1, -0.05) is 11.6 Å². The molecular weight excluding hydrogens is 174 g/mol. The Hall–Kier alpha value is -1.90. The molecule has 0 atom stereocenters. The van der Waals surface area contributed by atoms with Crippen LogP contribution in [-0.2, 0) is 0 Å². The van der Waals surface area contributed by atoms with Crippen molar-refractivity contribution in [3.63, 3.8) is 0 Å². The lowest BCUT2D eigenvalue weighted by Gasteiger charge is -1.91. The molecule has 0 bridgehead atoms. The first-order valence-corrected chi connectivity index (χ1v) is 4.59. The summed E-state index contributed by atoms with van der Waals surface area (Å²) in [5.74, 6) is 0. The zero-order chi connectivity index (χ0) is 9.54. The number of H-pyrrole nitrogens is 2. The Balaban J connectivity index is 2.58. The van der Waals surface area contributed by atoms with Gasteiger partial charge < -0.3 is 4.98 Å². The highest BCUT2D eigenvalue weighted by Gasteiger charge is 2.08. The van der Waals surface area contributed by atoms with E-state index in [1.54, 1.807) is 6.33 Å². The lowest BCUT2D eigenvalue weighted by Crippen LogP contribution is -1.99. The minimum absolute atomic E-state index is 0.935. The molecule has 2 aromatic heterocycles. The van der Waals surface area contributed by atoms with Crippen molar-refractivity contribution in [3.8, 4) is 0 Å². The van der Waals surface area contributed by atoms with Crippen LogP contribution in [0.5, 0.6) is 0 Å². The quantitative estimate of drug-likeness (QED) is 0.569. The molecule has 14 heavy (non-hydrogen) atoms. The van der Waals surface area contributed by atoms with E-state index < -0.39 is 0 Å². The van der Waals surface area contributed by atoms with E-state index in [-0.39, 0.29) is 0 Å². The van der Waals surface area contributed by atoms with Gasteiger partial charge in [-0.25, -0.2) is 4.98 Å². The third-order valence-electron chi connectivity index (χ3n) is 2.47. The van der Waals surface area contributed by atoms with Crippen LogP contribution in [0.4, 0.5) is 0 Å². The first kappa shape index (κ1) is 7.50. The van der Waals surface area contributed by atoms with Gasteiger partial charge in [0.2, 0.25) is 0 Å². The molecule has 68 valence electrons. The van der Waals surface area contributed by atoms with Gasteiger partial charge in [-0.2, -0.15) is 0 Å². The number of hydrogen-bond donors (Lipinski definition) is 1. The molecule has 3 aromatic rings. The Morgan fingerprint density at radius 2 is 2.21 bits per heavy atom. The van der Waals surface area contributed by atoms with Crippen LogP contribution in [0.25, 0.3) is 21.9 Å². The van der Waals surface area contributed by atoms with Crippen LogP contribution < -0.4 is 4.98 Å². The summed E-state index contributed by atoms with van der Waals surface area (Å²) < 4.78 is 0. The second kappa shape index (κ2) is 2.54. The van der Waals surface area contributed by atoms with E-state index >= 15 is 0 Å². The first-order chi connectivity index (χ1) is 6.84. The molecule has 0 aliphatic carbocycles. The zero-order valence-electron chi connectivity index (χ0n) is 7.83. The van der Waals surface area contributed by atoms with Crippen molar-refractivity contribution in [3.05, 3.63) is 36.3 Å². The molecule has 3 heteroatoms. The molecular formula is C11H10N3+. The van der Waals surface area contributed by atoms with Crippen molar-refractivity contribution in [1.29, 1.82) is 0 Å². The molecule has 3 rings (SSSR count). The van der Waals surface area contributed by atoms with Gasteiger partial charge in [-0.15, -0.1) is 0 Å². The summed E-state index contributed by atoms with van der Waals surface area (Å²) in [6.45, 7) is 2.10. The average molecular weight is 184 g/mol. The summed E-state index contributed by atoms with van der Waals surface area (Å²) >= 11 is 0. The van der Waals surface area contributed by atoms with E-state index in [0.717, 1.165) is 16.6 Å². The molecule has 2 heterocycles. The largest absolute Gasteiger partial charge is 0.318 e. The molecule has 0 aliphatic rings. The van der Waals surface area contributed by atoms with Crippen molar-refractivity contribution in [1.82, 2.24) is 9.97 Å². The summed E-state index contributed by atoms with van der Waals surface area (Å²) in [6.07, 6.45) is 3.66. The SMILES string of the molecule is Cc1ccc2[nH]c3nc[nH+]cc3c2c1. The van der Waals surface area contributed by atoms with Crippen LogP contribution in [0.3, 0.4) is 0 Å². The highest BCUT2D eigenvalue weighted by Crippen LogP contribution is 2.22. The van der Waals surface area contributed by atoms with Gasteiger partial charge in [-0.05, 0) is 24.0 Å². The normalized spacial score (nSPS) is 11.2. The topological polar surface area (TPSA) is 42.8 Å². The fraction of sp³-hybridized carbons (Fsp3) is 0.0909. The predicted octanol–water partition coefficient (Wildman–Crippen LogP) is 1.84. The summed E-state index contributed by atoms with van der Waals surface area (Å²) in [7, 11) is 0. The van der Waals surface area contributed by atoms with E-state index in [4.69, 9.17) is 0 Å². The van der Waals surface area contributed by atoms with Gasteiger partial charge in [0.1, 0.15) is 6.20 Å². The standard InChI is InChI=1S/C11H9N3/c1-7-2-3-10-8(4-7)9-5-12-6-13-11(9)14-10/h2-6H,1H3,(H,12,13,14)/p+1. The van der Waals surface area contributed by atoms with E-state index in [2.05, 4.69) is 40.1 Å². The van der Waals surface area contributed by atoms with Gasteiger partial charge in [0, 0.05) is 10.9 Å². The smallest absolute Gasteiger partial charge is 0.286 e. The Morgan fingerprint density at radius 3 is 3.14 bits per heavy atom. The molecule has 0 radical (unpaired) electrons. The van der Waals surface area contributed by atoms with Crippen LogP contribution in [-0.4, -0.2) is 9.97 Å². The number of nitrogens with zero attached hydrogens (tertiary/aromatic N) is 1. The van der Waals surface area contributed by atoms with E-state index in [1.165, 1.54) is 10.9 Å². The fourth-order valence-corrected chi connectivity index (χ4v) is 1.78. The Morgan fingerprint density at radius 1 is 1.29 bits per heavy atom. The molecule has 0 spiro atoms. The molecule has 1 aromatic carbocycles. The summed E-state index contributed by atoms with van der Waals surface area (Å²) in [6, 6.07) is 6.36. The van der Waals surface area contributed by atoms with Crippen LogP contribution in [0.1, 0.15) is 5.56 Å². The second-order valence-electron chi connectivity index (χ2n) is 3.51. The van der Waals surface area contributed by atoms with E-state index in [9.17, 15) is 0 Å². The van der Waals surface area contributed by atoms with Gasteiger partial charge in [0.15, 0.2) is 0 Å². The van der Waals surface area contributed by atoms with Crippen molar-refractivity contribution in [2.24, 2.45) is 0 Å². The van der Waals surface area contributed by atoms with Gasteiger partial charge in [0.05, 0.1) is 5.39 Å². The Labute approximate surface area is 80.8 Å². The maximum atomic E-state index is 4.24. The predicted molar refractivity (Wildman–Crippen MR) is 54.9 cm³/mol. The third-order valence-corrected chi connectivity index (χ3v) is 2.47. The summed E-state index contributed by atoms with van der Waals surface area (Å²) in [5, 5.41) is 2.37. The maximum absolute atomic E-state index is 4.24. The molecule has 0 saturated heterocycles. The average Bonchev–Trinajstić information content (AvgIpc) is 2.56. The van der Waals surface area contributed by atoms with Crippen LogP contribution in [0.15, 0.2) is 30.7 Å². The van der Waals surface area contributed by atoms with Gasteiger partial charge in [-0.3, -0.25) is 0 Å². The minimum atomic E-state index is 0.935. The number of aryl methyl sites for hydroxylation is 1. The highest BCUT2D eigenvalue weighted by atomic mass is 14.9. The lowest BCUT2D eigenvalue weighted by molar-refractivity contribution is -0.380. The first-order valence-electron chi connectivity index (χ1n) is 4.59. The number of aromatic nitrogens is 3. The van der Waals surface area contributed by atoms with Crippen LogP contribution in [0.2, 0.25) is 0 Å². The Kier molecular flexibility index (Phi) is 1.36.